The average molecular weight is 354 g/mol. The Balaban J connectivity index is 1.85. The molecular weight excluding hydrogens is 338 g/mol. The Morgan fingerprint density at radius 3 is 2.48 bits per heavy atom. The first kappa shape index (κ1) is 17.4. The van der Waals surface area contributed by atoms with Crippen molar-refractivity contribution in [2.75, 3.05) is 11.9 Å². The van der Waals surface area contributed by atoms with E-state index < -0.39 is 10.0 Å². The number of amides is 1. The molecule has 1 aromatic carbocycles. The van der Waals surface area contributed by atoms with Crippen LogP contribution in [0.4, 0.5) is 5.82 Å². The van der Waals surface area contributed by atoms with Crippen LogP contribution in [-0.2, 0) is 14.8 Å². The number of halogens is 1. The Kier molecular flexibility index (Phi) is 5.70. The quantitative estimate of drug-likeness (QED) is 0.834. The van der Waals surface area contributed by atoms with E-state index in [1.165, 1.54) is 18.3 Å². The van der Waals surface area contributed by atoms with E-state index in [0.717, 1.165) is 5.56 Å². The van der Waals surface area contributed by atoms with Crippen LogP contribution < -0.4 is 10.0 Å². The van der Waals surface area contributed by atoms with Crippen molar-refractivity contribution in [3.05, 3.63) is 53.2 Å². The minimum absolute atomic E-state index is 0.00433. The lowest BCUT2D eigenvalue weighted by molar-refractivity contribution is -0.116. The topological polar surface area (TPSA) is 88.2 Å². The summed E-state index contributed by atoms with van der Waals surface area (Å²) in [6.45, 7) is 1.87. The predicted molar refractivity (Wildman–Crippen MR) is 88.9 cm³/mol. The molecule has 1 aromatic heterocycles. The fourth-order valence-electron chi connectivity index (χ4n) is 1.75. The molecule has 0 unspecified atom stereocenters. The van der Waals surface area contributed by atoms with Crippen molar-refractivity contribution >= 4 is 33.3 Å². The molecule has 2 N–H and O–H groups in total. The Morgan fingerprint density at radius 1 is 1.17 bits per heavy atom. The van der Waals surface area contributed by atoms with Crippen LogP contribution in [0.2, 0.25) is 5.02 Å². The minimum atomic E-state index is -3.61. The van der Waals surface area contributed by atoms with E-state index in [0.29, 0.717) is 10.8 Å². The number of aryl methyl sites for hydroxylation is 1. The number of carbonyl (C=O) groups is 1. The zero-order valence-electron chi connectivity index (χ0n) is 12.4. The summed E-state index contributed by atoms with van der Waals surface area (Å²) in [7, 11) is -3.61. The van der Waals surface area contributed by atoms with Gasteiger partial charge >= 0.3 is 0 Å². The molecule has 0 saturated carbocycles. The van der Waals surface area contributed by atoms with Crippen LogP contribution in [-0.4, -0.2) is 25.9 Å². The molecule has 0 spiro atoms. The maximum Gasteiger partial charge on any atom is 0.240 e. The van der Waals surface area contributed by atoms with Crippen LogP contribution >= 0.6 is 11.6 Å². The molecule has 0 saturated heterocycles. The van der Waals surface area contributed by atoms with Gasteiger partial charge in [-0.05, 0) is 31.2 Å². The van der Waals surface area contributed by atoms with Gasteiger partial charge in [-0.3, -0.25) is 4.79 Å². The van der Waals surface area contributed by atoms with Gasteiger partial charge in [-0.25, -0.2) is 18.1 Å². The lowest BCUT2D eigenvalue weighted by Crippen LogP contribution is -2.28. The van der Waals surface area contributed by atoms with Gasteiger partial charge in [-0.1, -0.05) is 29.3 Å². The highest BCUT2D eigenvalue weighted by Gasteiger charge is 2.13. The van der Waals surface area contributed by atoms with Crippen molar-refractivity contribution < 1.29 is 13.2 Å². The zero-order chi connectivity index (χ0) is 16.9. The van der Waals surface area contributed by atoms with Gasteiger partial charge in [-0.15, -0.1) is 0 Å². The summed E-state index contributed by atoms with van der Waals surface area (Å²) in [5.74, 6) is 0.0206. The predicted octanol–water partition coefficient (Wildman–Crippen LogP) is 2.35. The monoisotopic (exact) mass is 353 g/mol. The van der Waals surface area contributed by atoms with E-state index in [4.69, 9.17) is 11.6 Å². The molecule has 0 aliphatic heterocycles. The SMILES string of the molecule is Cc1ccc(S(=O)(=O)NCCC(=O)Nc2ccc(Cl)cn2)cc1. The second kappa shape index (κ2) is 7.54. The molecule has 0 aliphatic carbocycles. The van der Waals surface area contributed by atoms with E-state index in [1.54, 1.807) is 24.3 Å². The van der Waals surface area contributed by atoms with Crippen molar-refractivity contribution in [2.45, 2.75) is 18.2 Å². The highest BCUT2D eigenvalue weighted by molar-refractivity contribution is 7.89. The molecule has 0 atom stereocenters. The van der Waals surface area contributed by atoms with Gasteiger partial charge in [0.1, 0.15) is 5.82 Å². The Morgan fingerprint density at radius 2 is 1.87 bits per heavy atom. The molecule has 122 valence electrons. The molecule has 0 fully saturated rings. The molecule has 2 aromatic rings. The number of pyridine rings is 1. The van der Waals surface area contributed by atoms with Crippen LogP contribution in [0.3, 0.4) is 0 Å². The Labute approximate surface area is 139 Å². The fourth-order valence-corrected chi connectivity index (χ4v) is 2.90. The highest BCUT2D eigenvalue weighted by atomic mass is 35.5. The first-order valence-corrected chi connectivity index (χ1v) is 8.71. The molecule has 1 heterocycles. The van der Waals surface area contributed by atoms with E-state index in [9.17, 15) is 13.2 Å². The third kappa shape index (κ3) is 5.31. The largest absolute Gasteiger partial charge is 0.311 e. The van der Waals surface area contributed by atoms with E-state index in [2.05, 4.69) is 15.0 Å². The van der Waals surface area contributed by atoms with Crippen molar-refractivity contribution in [1.29, 1.82) is 0 Å². The molecule has 6 nitrogen and oxygen atoms in total. The molecule has 8 heteroatoms. The number of sulfonamides is 1. The van der Waals surface area contributed by atoms with Gasteiger partial charge in [0.2, 0.25) is 15.9 Å². The number of benzene rings is 1. The standard InChI is InChI=1S/C15H16ClN3O3S/c1-11-2-5-13(6-3-11)23(21,22)18-9-8-15(20)19-14-7-4-12(16)10-17-14/h2-7,10,18H,8-9H2,1H3,(H,17,19,20). The van der Waals surface area contributed by atoms with Crippen molar-refractivity contribution in [3.63, 3.8) is 0 Å². The number of hydrogen-bond acceptors (Lipinski definition) is 4. The summed E-state index contributed by atoms with van der Waals surface area (Å²) >= 11 is 5.70. The van der Waals surface area contributed by atoms with Gasteiger partial charge in [0.05, 0.1) is 9.92 Å². The average Bonchev–Trinajstić information content (AvgIpc) is 2.50. The number of anilines is 1. The minimum Gasteiger partial charge on any atom is -0.311 e. The number of nitrogens with zero attached hydrogens (tertiary/aromatic N) is 1. The maximum absolute atomic E-state index is 12.1. The second-order valence-electron chi connectivity index (χ2n) is 4.87. The molecule has 0 radical (unpaired) electrons. The number of aromatic nitrogens is 1. The second-order valence-corrected chi connectivity index (χ2v) is 7.07. The third-order valence-corrected chi connectivity index (χ3v) is 4.67. The summed E-state index contributed by atoms with van der Waals surface area (Å²) < 4.78 is 26.5. The smallest absolute Gasteiger partial charge is 0.240 e. The number of rotatable bonds is 6. The summed E-state index contributed by atoms with van der Waals surface area (Å²) in [6, 6.07) is 9.65. The van der Waals surface area contributed by atoms with E-state index >= 15 is 0 Å². The highest BCUT2D eigenvalue weighted by Crippen LogP contribution is 2.11. The lowest BCUT2D eigenvalue weighted by atomic mass is 10.2. The van der Waals surface area contributed by atoms with Gasteiger partial charge in [-0.2, -0.15) is 0 Å². The number of hydrogen-bond donors (Lipinski definition) is 2. The molecule has 2 rings (SSSR count). The fraction of sp³-hybridized carbons (Fsp3) is 0.200. The Bertz CT molecular complexity index is 775. The first-order valence-electron chi connectivity index (χ1n) is 6.84. The van der Waals surface area contributed by atoms with Crippen LogP contribution in [0.25, 0.3) is 0 Å². The summed E-state index contributed by atoms with van der Waals surface area (Å²) in [5, 5.41) is 3.03. The van der Waals surface area contributed by atoms with Crippen molar-refractivity contribution in [2.24, 2.45) is 0 Å². The van der Waals surface area contributed by atoms with Crippen LogP contribution in [0.5, 0.6) is 0 Å². The summed E-state index contributed by atoms with van der Waals surface area (Å²) in [5.41, 5.74) is 0.971. The van der Waals surface area contributed by atoms with Crippen molar-refractivity contribution in [3.8, 4) is 0 Å². The summed E-state index contributed by atoms with van der Waals surface area (Å²) in [6.07, 6.45) is 1.41. The van der Waals surface area contributed by atoms with E-state index in [1.807, 2.05) is 6.92 Å². The van der Waals surface area contributed by atoms with E-state index in [-0.39, 0.29) is 23.8 Å². The van der Waals surface area contributed by atoms with Gasteiger partial charge in [0.15, 0.2) is 0 Å². The molecule has 0 aliphatic rings. The van der Waals surface area contributed by atoms with Gasteiger partial charge in [0, 0.05) is 19.2 Å². The zero-order valence-corrected chi connectivity index (χ0v) is 14.0. The van der Waals surface area contributed by atoms with Crippen molar-refractivity contribution in [1.82, 2.24) is 9.71 Å². The molecule has 23 heavy (non-hydrogen) atoms. The van der Waals surface area contributed by atoms with Gasteiger partial charge in [0.25, 0.3) is 0 Å². The van der Waals surface area contributed by atoms with Crippen LogP contribution in [0, 0.1) is 6.92 Å². The Hall–Kier alpha value is -1.96. The number of carbonyl (C=O) groups excluding carboxylic acids is 1. The molecule has 0 bridgehead atoms. The van der Waals surface area contributed by atoms with Crippen LogP contribution in [0.1, 0.15) is 12.0 Å². The number of nitrogens with one attached hydrogen (secondary N) is 2. The molecule has 1 amide bonds. The third-order valence-electron chi connectivity index (χ3n) is 2.97. The normalized spacial score (nSPS) is 11.2. The van der Waals surface area contributed by atoms with Crippen LogP contribution in [0.15, 0.2) is 47.5 Å². The molecular formula is C15H16ClN3O3S. The first-order chi connectivity index (χ1) is 10.9. The summed E-state index contributed by atoms with van der Waals surface area (Å²) in [4.78, 5) is 15.8. The lowest BCUT2D eigenvalue weighted by Gasteiger charge is -2.07. The maximum atomic E-state index is 12.1. The van der Waals surface area contributed by atoms with Gasteiger partial charge < -0.3 is 5.32 Å².